The number of nitrogens with two attached hydrogens (primary N) is 1. The number of anilines is 1. The third-order valence-corrected chi connectivity index (χ3v) is 3.78. The molecule has 1 amide bonds. The van der Waals surface area contributed by atoms with Gasteiger partial charge in [0, 0.05) is 13.1 Å². The Morgan fingerprint density at radius 3 is 2.72 bits per heavy atom. The molecule has 1 fully saturated rings. The van der Waals surface area contributed by atoms with Crippen molar-refractivity contribution in [3.05, 3.63) is 23.5 Å². The molecule has 98 valence electrons. The zero-order valence-electron chi connectivity index (χ0n) is 11.1. The van der Waals surface area contributed by atoms with Gasteiger partial charge in [-0.25, -0.2) is 0 Å². The first-order chi connectivity index (χ1) is 8.59. The van der Waals surface area contributed by atoms with Crippen LogP contribution in [-0.2, 0) is 0 Å². The van der Waals surface area contributed by atoms with E-state index >= 15 is 0 Å². The molecule has 4 heteroatoms. The third kappa shape index (κ3) is 2.63. The highest BCUT2D eigenvalue weighted by molar-refractivity contribution is 5.96. The fraction of sp³-hybridized carbons (Fsp3) is 0.571. The van der Waals surface area contributed by atoms with Crippen LogP contribution in [0, 0.1) is 6.92 Å². The molecule has 1 heterocycles. The molecule has 0 spiro atoms. The maximum absolute atomic E-state index is 12.4. The van der Waals surface area contributed by atoms with E-state index in [1.54, 1.807) is 12.3 Å². The first-order valence-electron chi connectivity index (χ1n) is 6.59. The lowest BCUT2D eigenvalue weighted by molar-refractivity contribution is 0.0695. The largest absolute Gasteiger partial charge is 0.397 e. The van der Waals surface area contributed by atoms with Gasteiger partial charge in [-0.3, -0.25) is 9.78 Å². The van der Waals surface area contributed by atoms with Crippen LogP contribution in [0.5, 0.6) is 0 Å². The minimum Gasteiger partial charge on any atom is -0.397 e. The fourth-order valence-electron chi connectivity index (χ4n) is 2.59. The number of amides is 1. The zero-order chi connectivity index (χ0) is 13.1. The van der Waals surface area contributed by atoms with Crippen LogP contribution in [0.1, 0.15) is 48.2 Å². The van der Waals surface area contributed by atoms with Gasteiger partial charge in [-0.1, -0.05) is 19.3 Å². The molecule has 0 saturated heterocycles. The molecule has 0 aliphatic heterocycles. The van der Waals surface area contributed by atoms with E-state index in [1.165, 1.54) is 19.3 Å². The topological polar surface area (TPSA) is 59.2 Å². The van der Waals surface area contributed by atoms with E-state index < -0.39 is 0 Å². The molecule has 2 N–H and O–H groups in total. The van der Waals surface area contributed by atoms with Crippen molar-refractivity contribution >= 4 is 11.6 Å². The Labute approximate surface area is 108 Å². The Kier molecular flexibility index (Phi) is 3.84. The van der Waals surface area contributed by atoms with Crippen LogP contribution in [0.15, 0.2) is 12.3 Å². The van der Waals surface area contributed by atoms with Crippen LogP contribution in [0.4, 0.5) is 5.69 Å². The molecule has 0 unspecified atom stereocenters. The number of rotatable bonds is 2. The Hall–Kier alpha value is -1.58. The van der Waals surface area contributed by atoms with Crippen molar-refractivity contribution in [2.45, 2.75) is 45.1 Å². The third-order valence-electron chi connectivity index (χ3n) is 3.78. The van der Waals surface area contributed by atoms with E-state index in [2.05, 4.69) is 4.98 Å². The second-order valence-electron chi connectivity index (χ2n) is 5.11. The van der Waals surface area contributed by atoms with Crippen LogP contribution < -0.4 is 5.73 Å². The number of aromatic nitrogens is 1. The van der Waals surface area contributed by atoms with Crippen LogP contribution in [0.3, 0.4) is 0 Å². The SMILES string of the molecule is Cc1ncc(N)cc1C(=O)N(C)C1CCCCC1. The maximum atomic E-state index is 12.4. The van der Waals surface area contributed by atoms with Gasteiger partial charge in [0.15, 0.2) is 0 Å². The fourth-order valence-corrected chi connectivity index (χ4v) is 2.59. The summed E-state index contributed by atoms with van der Waals surface area (Å²) in [5.74, 6) is 0.0409. The number of hydrogen-bond acceptors (Lipinski definition) is 3. The van der Waals surface area contributed by atoms with E-state index in [0.717, 1.165) is 18.5 Å². The smallest absolute Gasteiger partial charge is 0.255 e. The molecule has 1 saturated carbocycles. The van der Waals surface area contributed by atoms with Gasteiger partial charge < -0.3 is 10.6 Å². The van der Waals surface area contributed by atoms with E-state index in [0.29, 0.717) is 17.3 Å². The molecule has 1 aliphatic carbocycles. The first kappa shape index (κ1) is 12.9. The second-order valence-corrected chi connectivity index (χ2v) is 5.11. The van der Waals surface area contributed by atoms with Gasteiger partial charge in [0.25, 0.3) is 5.91 Å². The summed E-state index contributed by atoms with van der Waals surface area (Å²) >= 11 is 0. The normalized spacial score (nSPS) is 16.6. The number of carbonyl (C=O) groups excluding carboxylic acids is 1. The predicted octanol–water partition coefficient (Wildman–Crippen LogP) is 2.38. The maximum Gasteiger partial charge on any atom is 0.255 e. The average molecular weight is 247 g/mol. The number of carbonyl (C=O) groups is 1. The Bertz CT molecular complexity index is 439. The first-order valence-corrected chi connectivity index (χ1v) is 6.59. The molecule has 0 atom stereocenters. The van der Waals surface area contributed by atoms with E-state index in [4.69, 9.17) is 5.73 Å². The second kappa shape index (κ2) is 5.38. The molecule has 1 aromatic heterocycles. The highest BCUT2D eigenvalue weighted by Gasteiger charge is 2.24. The van der Waals surface area contributed by atoms with Gasteiger partial charge in [-0.15, -0.1) is 0 Å². The molecule has 18 heavy (non-hydrogen) atoms. The van der Waals surface area contributed by atoms with Gasteiger partial charge >= 0.3 is 0 Å². The van der Waals surface area contributed by atoms with Crippen LogP contribution in [-0.4, -0.2) is 28.9 Å². The van der Waals surface area contributed by atoms with Crippen LogP contribution in [0.25, 0.3) is 0 Å². The van der Waals surface area contributed by atoms with Crippen LogP contribution >= 0.6 is 0 Å². The summed E-state index contributed by atoms with van der Waals surface area (Å²) in [6.07, 6.45) is 7.53. The number of nitrogen functional groups attached to an aromatic ring is 1. The monoisotopic (exact) mass is 247 g/mol. The molecular formula is C14H21N3O. The standard InChI is InChI=1S/C14H21N3O/c1-10-13(8-11(15)9-16-10)14(18)17(2)12-6-4-3-5-7-12/h8-9,12H,3-7,15H2,1-2H3. The Morgan fingerprint density at radius 2 is 2.06 bits per heavy atom. The van der Waals surface area contributed by atoms with E-state index in [9.17, 15) is 4.79 Å². The minimum atomic E-state index is 0.0409. The number of pyridine rings is 1. The Morgan fingerprint density at radius 1 is 1.39 bits per heavy atom. The summed E-state index contributed by atoms with van der Waals surface area (Å²) in [4.78, 5) is 18.5. The highest BCUT2D eigenvalue weighted by Crippen LogP contribution is 2.23. The van der Waals surface area contributed by atoms with Crippen molar-refractivity contribution in [3.8, 4) is 0 Å². The van der Waals surface area contributed by atoms with Gasteiger partial charge in [-0.05, 0) is 25.8 Å². The van der Waals surface area contributed by atoms with Crippen molar-refractivity contribution in [2.24, 2.45) is 0 Å². The molecule has 0 bridgehead atoms. The lowest BCUT2D eigenvalue weighted by Crippen LogP contribution is -2.38. The number of hydrogen-bond donors (Lipinski definition) is 1. The summed E-state index contributed by atoms with van der Waals surface area (Å²) in [6.45, 7) is 1.85. The molecule has 2 rings (SSSR count). The van der Waals surface area contributed by atoms with Gasteiger partial charge in [0.05, 0.1) is 23.1 Å². The summed E-state index contributed by atoms with van der Waals surface area (Å²) in [7, 11) is 1.89. The Balaban J connectivity index is 2.16. The molecule has 0 radical (unpaired) electrons. The molecule has 1 aromatic rings. The van der Waals surface area contributed by atoms with Crippen molar-refractivity contribution in [2.75, 3.05) is 12.8 Å². The summed E-state index contributed by atoms with van der Waals surface area (Å²) in [6, 6.07) is 2.09. The van der Waals surface area contributed by atoms with Crippen molar-refractivity contribution in [1.29, 1.82) is 0 Å². The van der Waals surface area contributed by atoms with Crippen molar-refractivity contribution in [3.63, 3.8) is 0 Å². The van der Waals surface area contributed by atoms with Gasteiger partial charge in [0.2, 0.25) is 0 Å². The molecular weight excluding hydrogens is 226 g/mol. The lowest BCUT2D eigenvalue weighted by Gasteiger charge is -2.31. The average Bonchev–Trinajstić information content (AvgIpc) is 2.41. The van der Waals surface area contributed by atoms with Crippen molar-refractivity contribution < 1.29 is 4.79 Å². The summed E-state index contributed by atoms with van der Waals surface area (Å²) in [5, 5.41) is 0. The predicted molar refractivity (Wildman–Crippen MR) is 72.4 cm³/mol. The lowest BCUT2D eigenvalue weighted by atomic mass is 9.94. The highest BCUT2D eigenvalue weighted by atomic mass is 16.2. The zero-order valence-corrected chi connectivity index (χ0v) is 11.1. The number of nitrogens with zero attached hydrogens (tertiary/aromatic N) is 2. The van der Waals surface area contributed by atoms with E-state index in [1.807, 2.05) is 18.9 Å². The molecule has 0 aromatic carbocycles. The summed E-state index contributed by atoms with van der Waals surface area (Å²) < 4.78 is 0. The van der Waals surface area contributed by atoms with E-state index in [-0.39, 0.29) is 5.91 Å². The van der Waals surface area contributed by atoms with Gasteiger partial charge in [-0.2, -0.15) is 0 Å². The van der Waals surface area contributed by atoms with Crippen LogP contribution in [0.2, 0.25) is 0 Å². The summed E-state index contributed by atoms with van der Waals surface area (Å²) in [5.41, 5.74) is 7.63. The van der Waals surface area contributed by atoms with Crippen molar-refractivity contribution in [1.82, 2.24) is 9.88 Å². The molecule has 4 nitrogen and oxygen atoms in total. The molecule has 1 aliphatic rings. The van der Waals surface area contributed by atoms with Gasteiger partial charge in [0.1, 0.15) is 0 Å². The minimum absolute atomic E-state index is 0.0409. The number of aryl methyl sites for hydroxylation is 1. The quantitative estimate of drug-likeness (QED) is 0.872.